The lowest BCUT2D eigenvalue weighted by atomic mass is 10.2. The lowest BCUT2D eigenvalue weighted by molar-refractivity contribution is -0.387. The van der Waals surface area contributed by atoms with E-state index in [-0.39, 0.29) is 15.7 Å². The minimum atomic E-state index is -1.05. The van der Waals surface area contributed by atoms with Gasteiger partial charge in [-0.2, -0.15) is 4.39 Å². The molecular formula is C15H9BrF2N2O5. The average Bonchev–Trinajstić information content (AvgIpc) is 2.54. The fourth-order valence-corrected chi connectivity index (χ4v) is 2.30. The van der Waals surface area contributed by atoms with Gasteiger partial charge in [0, 0.05) is 16.2 Å². The van der Waals surface area contributed by atoms with E-state index >= 15 is 0 Å². The predicted molar refractivity (Wildman–Crippen MR) is 86.1 cm³/mol. The highest BCUT2D eigenvalue weighted by atomic mass is 79.9. The Kier molecular flexibility index (Phi) is 5.75. The van der Waals surface area contributed by atoms with E-state index in [1.165, 1.54) is 6.07 Å². The van der Waals surface area contributed by atoms with Crippen LogP contribution in [-0.4, -0.2) is 23.4 Å². The molecule has 0 saturated carbocycles. The van der Waals surface area contributed by atoms with Gasteiger partial charge in [0.2, 0.25) is 5.82 Å². The number of amides is 1. The third-order valence-electron chi connectivity index (χ3n) is 2.91. The summed E-state index contributed by atoms with van der Waals surface area (Å²) in [6.07, 6.45) is 0. The largest absolute Gasteiger partial charge is 0.452 e. The highest BCUT2D eigenvalue weighted by molar-refractivity contribution is 9.10. The van der Waals surface area contributed by atoms with Crippen molar-refractivity contribution in [2.75, 3.05) is 11.9 Å². The number of benzene rings is 2. The van der Waals surface area contributed by atoms with Crippen LogP contribution in [0.2, 0.25) is 0 Å². The number of ether oxygens (including phenoxy) is 1. The van der Waals surface area contributed by atoms with Gasteiger partial charge >= 0.3 is 11.7 Å². The third kappa shape index (κ3) is 4.80. The van der Waals surface area contributed by atoms with E-state index in [4.69, 9.17) is 4.74 Å². The van der Waals surface area contributed by atoms with Gasteiger partial charge in [-0.3, -0.25) is 14.9 Å². The Balaban J connectivity index is 1.98. The Bertz CT molecular complexity index is 860. The highest BCUT2D eigenvalue weighted by Crippen LogP contribution is 2.22. The summed E-state index contributed by atoms with van der Waals surface area (Å²) in [6, 6.07) is 6.09. The topological polar surface area (TPSA) is 98.5 Å². The van der Waals surface area contributed by atoms with Crippen LogP contribution in [0.4, 0.5) is 20.2 Å². The van der Waals surface area contributed by atoms with Crippen molar-refractivity contribution in [2.24, 2.45) is 0 Å². The van der Waals surface area contributed by atoms with Crippen LogP contribution in [0, 0.1) is 21.7 Å². The van der Waals surface area contributed by atoms with Gasteiger partial charge in [0.05, 0.1) is 10.5 Å². The van der Waals surface area contributed by atoms with Crippen molar-refractivity contribution in [1.82, 2.24) is 0 Å². The van der Waals surface area contributed by atoms with Crippen molar-refractivity contribution < 1.29 is 28.0 Å². The molecule has 2 aromatic rings. The molecule has 0 spiro atoms. The van der Waals surface area contributed by atoms with Crippen molar-refractivity contribution in [1.29, 1.82) is 0 Å². The van der Waals surface area contributed by atoms with Gasteiger partial charge in [0.25, 0.3) is 5.91 Å². The molecule has 0 unspecified atom stereocenters. The highest BCUT2D eigenvalue weighted by Gasteiger charge is 2.17. The molecule has 0 bridgehead atoms. The summed E-state index contributed by atoms with van der Waals surface area (Å²) in [7, 11) is 0. The van der Waals surface area contributed by atoms with Gasteiger partial charge in [-0.25, -0.2) is 9.18 Å². The zero-order valence-electron chi connectivity index (χ0n) is 12.3. The van der Waals surface area contributed by atoms with Crippen LogP contribution >= 0.6 is 15.9 Å². The zero-order chi connectivity index (χ0) is 18.6. The number of carbonyl (C=O) groups excluding carboxylic acids is 2. The van der Waals surface area contributed by atoms with Crippen molar-refractivity contribution in [3.8, 4) is 0 Å². The summed E-state index contributed by atoms with van der Waals surface area (Å²) in [5, 5.41) is 12.9. The van der Waals surface area contributed by atoms with E-state index in [9.17, 15) is 28.5 Å². The van der Waals surface area contributed by atoms with Crippen LogP contribution in [0.3, 0.4) is 0 Å². The Morgan fingerprint density at radius 2 is 1.92 bits per heavy atom. The number of nitro groups is 1. The second-order valence-corrected chi connectivity index (χ2v) is 5.53. The Labute approximate surface area is 147 Å². The van der Waals surface area contributed by atoms with E-state index in [0.717, 1.165) is 30.3 Å². The molecule has 1 N–H and O–H groups in total. The van der Waals surface area contributed by atoms with Crippen LogP contribution in [0.1, 0.15) is 10.4 Å². The molecule has 1 amide bonds. The fraction of sp³-hybridized carbons (Fsp3) is 0.0667. The molecule has 0 aromatic heterocycles. The molecule has 0 aliphatic rings. The smallest absolute Gasteiger partial charge is 0.339 e. The number of carbonyl (C=O) groups is 2. The van der Waals surface area contributed by atoms with Gasteiger partial charge in [-0.05, 0) is 46.3 Å². The first-order chi connectivity index (χ1) is 11.8. The zero-order valence-corrected chi connectivity index (χ0v) is 13.9. The molecule has 0 atom stereocenters. The van der Waals surface area contributed by atoms with Crippen molar-refractivity contribution >= 4 is 39.2 Å². The number of nitrogens with one attached hydrogen (secondary N) is 1. The van der Waals surface area contributed by atoms with Crippen LogP contribution < -0.4 is 5.32 Å². The summed E-state index contributed by atoms with van der Waals surface area (Å²) >= 11 is 3.00. The molecule has 0 radical (unpaired) electrons. The summed E-state index contributed by atoms with van der Waals surface area (Å²) in [6.45, 7) is -0.687. The second-order valence-electron chi connectivity index (χ2n) is 4.67. The van der Waals surface area contributed by atoms with Gasteiger partial charge in [0.1, 0.15) is 5.82 Å². The molecule has 0 aliphatic heterocycles. The maximum absolute atomic E-state index is 13.2. The third-order valence-corrected chi connectivity index (χ3v) is 3.57. The summed E-state index contributed by atoms with van der Waals surface area (Å²) in [5.74, 6) is -3.26. The van der Waals surface area contributed by atoms with Crippen LogP contribution in [0.25, 0.3) is 0 Å². The Morgan fingerprint density at radius 1 is 1.20 bits per heavy atom. The second kappa shape index (κ2) is 7.79. The molecule has 0 heterocycles. The molecule has 2 rings (SSSR count). The minimum absolute atomic E-state index is 0.0200. The lowest BCUT2D eigenvalue weighted by Gasteiger charge is -2.08. The van der Waals surface area contributed by atoms with Crippen molar-refractivity contribution in [3.63, 3.8) is 0 Å². The first kappa shape index (κ1) is 18.5. The number of rotatable bonds is 5. The normalized spacial score (nSPS) is 10.2. The van der Waals surface area contributed by atoms with E-state index < -0.39 is 40.7 Å². The number of anilines is 1. The number of nitro benzene ring substituents is 1. The van der Waals surface area contributed by atoms with Gasteiger partial charge < -0.3 is 10.1 Å². The average molecular weight is 415 g/mol. The summed E-state index contributed by atoms with van der Waals surface area (Å²) in [4.78, 5) is 33.3. The Hall–Kier alpha value is -2.88. The number of hydrogen-bond acceptors (Lipinski definition) is 5. The molecule has 0 aliphatic carbocycles. The monoisotopic (exact) mass is 414 g/mol. The molecular weight excluding hydrogens is 406 g/mol. The minimum Gasteiger partial charge on any atom is -0.452 e. The number of esters is 1. The van der Waals surface area contributed by atoms with E-state index in [0.29, 0.717) is 0 Å². The van der Waals surface area contributed by atoms with E-state index in [2.05, 4.69) is 21.2 Å². The lowest BCUT2D eigenvalue weighted by Crippen LogP contribution is -2.21. The van der Waals surface area contributed by atoms with Crippen molar-refractivity contribution in [2.45, 2.75) is 0 Å². The van der Waals surface area contributed by atoms with Gasteiger partial charge in [-0.15, -0.1) is 0 Å². The van der Waals surface area contributed by atoms with Crippen LogP contribution in [0.15, 0.2) is 40.9 Å². The van der Waals surface area contributed by atoms with E-state index in [1.807, 2.05) is 0 Å². The van der Waals surface area contributed by atoms with Gasteiger partial charge in [-0.1, -0.05) is 0 Å². The number of nitrogens with zero attached hydrogens (tertiary/aromatic N) is 1. The molecule has 7 nitrogen and oxygen atoms in total. The fourth-order valence-electron chi connectivity index (χ4n) is 1.79. The first-order valence-electron chi connectivity index (χ1n) is 6.64. The molecule has 10 heteroatoms. The maximum Gasteiger partial charge on any atom is 0.339 e. The summed E-state index contributed by atoms with van der Waals surface area (Å²) < 4.78 is 31.1. The van der Waals surface area contributed by atoms with Crippen molar-refractivity contribution in [3.05, 3.63) is 68.2 Å². The number of hydrogen-bond donors (Lipinski definition) is 1. The van der Waals surface area contributed by atoms with Gasteiger partial charge in [0.15, 0.2) is 6.61 Å². The maximum atomic E-state index is 13.2. The molecule has 0 saturated heterocycles. The molecule has 130 valence electrons. The number of halogens is 3. The standard InChI is InChI=1S/C15H9BrF2N2O5/c16-11-5-8(17)1-3-10(11)15(22)25-7-14(21)19-9-2-4-12(18)13(6-9)20(23)24/h1-6H,7H2,(H,19,21). The predicted octanol–water partition coefficient (Wildman–Crippen LogP) is 3.43. The van der Waals surface area contributed by atoms with Crippen LogP contribution in [0.5, 0.6) is 0 Å². The quantitative estimate of drug-likeness (QED) is 0.459. The molecule has 2 aromatic carbocycles. The van der Waals surface area contributed by atoms with Crippen LogP contribution in [-0.2, 0) is 9.53 Å². The SMILES string of the molecule is O=C(COC(=O)c1ccc(F)cc1Br)Nc1ccc(F)c([N+](=O)[O-])c1. The summed E-state index contributed by atoms with van der Waals surface area (Å²) in [5.41, 5.74) is -0.811. The first-order valence-corrected chi connectivity index (χ1v) is 7.43. The Morgan fingerprint density at radius 3 is 2.56 bits per heavy atom. The van der Waals surface area contributed by atoms with E-state index in [1.54, 1.807) is 0 Å². The molecule has 25 heavy (non-hydrogen) atoms. The molecule has 0 fully saturated rings.